The van der Waals surface area contributed by atoms with E-state index in [0.717, 1.165) is 43.0 Å². The van der Waals surface area contributed by atoms with Crippen molar-refractivity contribution < 1.29 is 0 Å². The molecule has 0 aromatic heterocycles. The molecule has 1 rings (SSSR count). The Morgan fingerprint density at radius 3 is 3.08 bits per heavy atom. The fourth-order valence-corrected chi connectivity index (χ4v) is 1.81. The van der Waals surface area contributed by atoms with Crippen molar-refractivity contribution in [1.82, 2.24) is 10.6 Å². The van der Waals surface area contributed by atoms with Crippen molar-refractivity contribution in [3.8, 4) is 0 Å². The van der Waals surface area contributed by atoms with E-state index < -0.39 is 0 Å². The summed E-state index contributed by atoms with van der Waals surface area (Å²) in [6, 6.07) is 0. The van der Waals surface area contributed by atoms with Gasteiger partial charge in [-0.15, -0.1) is 0 Å². The molecule has 0 fully saturated rings. The molecule has 4 heteroatoms. The average molecular weight is 201 g/mol. The molecule has 0 amide bonds. The first-order valence-electron chi connectivity index (χ1n) is 4.93. The van der Waals surface area contributed by atoms with E-state index in [0.29, 0.717) is 0 Å². The topological polar surface area (TPSA) is 36.4 Å². The van der Waals surface area contributed by atoms with Crippen LogP contribution in [0.4, 0.5) is 0 Å². The third-order valence-corrected chi connectivity index (χ3v) is 2.85. The van der Waals surface area contributed by atoms with E-state index in [1.54, 1.807) is 0 Å². The molecule has 1 heterocycles. The number of aliphatic imine (C=N–C) groups is 1. The van der Waals surface area contributed by atoms with Crippen molar-refractivity contribution in [2.24, 2.45) is 4.99 Å². The lowest BCUT2D eigenvalue weighted by Gasteiger charge is -2.16. The minimum atomic E-state index is 0.725. The van der Waals surface area contributed by atoms with Crippen molar-refractivity contribution in [3.05, 3.63) is 0 Å². The van der Waals surface area contributed by atoms with Gasteiger partial charge in [-0.25, -0.2) is 0 Å². The molecule has 0 aromatic carbocycles. The SMILES string of the molecule is CC(C)SCCNC1=NCCCN1. The van der Waals surface area contributed by atoms with Crippen LogP contribution < -0.4 is 10.6 Å². The first kappa shape index (κ1) is 10.7. The summed E-state index contributed by atoms with van der Waals surface area (Å²) >= 11 is 1.97. The zero-order valence-electron chi connectivity index (χ0n) is 8.47. The summed E-state index contributed by atoms with van der Waals surface area (Å²) in [5, 5.41) is 7.26. The van der Waals surface area contributed by atoms with Crippen LogP contribution in [0.15, 0.2) is 4.99 Å². The Labute approximate surface area is 84.8 Å². The highest BCUT2D eigenvalue weighted by Crippen LogP contribution is 2.06. The highest BCUT2D eigenvalue weighted by atomic mass is 32.2. The van der Waals surface area contributed by atoms with Crippen LogP contribution in [0.25, 0.3) is 0 Å². The van der Waals surface area contributed by atoms with E-state index in [1.807, 2.05) is 11.8 Å². The summed E-state index contributed by atoms with van der Waals surface area (Å²) in [6.45, 7) is 7.48. The Bertz CT molecular complexity index is 168. The van der Waals surface area contributed by atoms with Crippen LogP contribution in [0, 0.1) is 0 Å². The van der Waals surface area contributed by atoms with Crippen molar-refractivity contribution >= 4 is 17.7 Å². The van der Waals surface area contributed by atoms with E-state index in [9.17, 15) is 0 Å². The van der Waals surface area contributed by atoms with Gasteiger partial charge in [-0.1, -0.05) is 13.8 Å². The van der Waals surface area contributed by atoms with E-state index >= 15 is 0 Å². The van der Waals surface area contributed by atoms with Gasteiger partial charge in [-0.3, -0.25) is 4.99 Å². The maximum Gasteiger partial charge on any atom is 0.191 e. The molecule has 0 saturated carbocycles. The molecular formula is C9H19N3S. The zero-order chi connectivity index (χ0) is 9.52. The summed E-state index contributed by atoms with van der Waals surface area (Å²) < 4.78 is 0. The van der Waals surface area contributed by atoms with Crippen molar-refractivity contribution in [3.63, 3.8) is 0 Å². The van der Waals surface area contributed by atoms with Gasteiger partial charge in [0.1, 0.15) is 0 Å². The van der Waals surface area contributed by atoms with Crippen molar-refractivity contribution in [2.45, 2.75) is 25.5 Å². The van der Waals surface area contributed by atoms with Crippen molar-refractivity contribution in [2.75, 3.05) is 25.4 Å². The molecule has 13 heavy (non-hydrogen) atoms. The number of hydrogen-bond donors (Lipinski definition) is 2. The molecule has 0 aromatic rings. The lowest BCUT2D eigenvalue weighted by molar-refractivity contribution is 0.709. The lowest BCUT2D eigenvalue weighted by Crippen LogP contribution is -2.41. The molecule has 0 spiro atoms. The number of nitrogens with one attached hydrogen (secondary N) is 2. The summed E-state index contributed by atoms with van der Waals surface area (Å²) in [6.07, 6.45) is 1.16. The fraction of sp³-hybridized carbons (Fsp3) is 0.889. The fourth-order valence-electron chi connectivity index (χ4n) is 1.12. The van der Waals surface area contributed by atoms with Gasteiger partial charge in [0.2, 0.25) is 0 Å². The maximum atomic E-state index is 4.33. The first-order valence-corrected chi connectivity index (χ1v) is 5.97. The van der Waals surface area contributed by atoms with Gasteiger partial charge in [0.25, 0.3) is 0 Å². The third-order valence-electron chi connectivity index (χ3n) is 1.74. The predicted octanol–water partition coefficient (Wildman–Crippen LogP) is 1.07. The molecule has 1 aliphatic rings. The Morgan fingerprint density at radius 1 is 1.62 bits per heavy atom. The summed E-state index contributed by atoms with van der Waals surface area (Å²) in [5.41, 5.74) is 0. The molecule has 0 bridgehead atoms. The highest BCUT2D eigenvalue weighted by molar-refractivity contribution is 7.99. The minimum absolute atomic E-state index is 0.725. The number of hydrogen-bond acceptors (Lipinski definition) is 4. The standard InChI is InChI=1S/C9H19N3S/c1-8(2)13-7-6-12-9-10-4-3-5-11-9/h8H,3-7H2,1-2H3,(H2,10,11,12). The first-order chi connectivity index (χ1) is 6.29. The number of nitrogens with zero attached hydrogens (tertiary/aromatic N) is 1. The monoisotopic (exact) mass is 201 g/mol. The molecule has 0 atom stereocenters. The number of thioether (sulfide) groups is 1. The van der Waals surface area contributed by atoms with Gasteiger partial charge < -0.3 is 10.6 Å². The molecule has 2 N–H and O–H groups in total. The molecule has 0 saturated heterocycles. The molecule has 3 nitrogen and oxygen atoms in total. The second kappa shape index (κ2) is 6.13. The molecule has 76 valence electrons. The third kappa shape index (κ3) is 5.03. The average Bonchev–Trinajstić information content (AvgIpc) is 2.14. The highest BCUT2D eigenvalue weighted by Gasteiger charge is 2.02. The van der Waals surface area contributed by atoms with E-state index in [4.69, 9.17) is 0 Å². The van der Waals surface area contributed by atoms with Crippen LogP contribution in [-0.4, -0.2) is 36.6 Å². The number of guanidine groups is 1. The van der Waals surface area contributed by atoms with Crippen LogP contribution >= 0.6 is 11.8 Å². The van der Waals surface area contributed by atoms with Crippen LogP contribution in [-0.2, 0) is 0 Å². The Morgan fingerprint density at radius 2 is 2.46 bits per heavy atom. The molecular weight excluding hydrogens is 182 g/mol. The second-order valence-corrected chi connectivity index (χ2v) is 5.04. The van der Waals surface area contributed by atoms with Gasteiger partial charge in [-0.05, 0) is 11.7 Å². The van der Waals surface area contributed by atoms with Gasteiger partial charge in [0, 0.05) is 25.4 Å². The summed E-state index contributed by atoms with van der Waals surface area (Å²) in [5.74, 6) is 2.13. The molecule has 1 aliphatic heterocycles. The number of rotatable bonds is 4. The van der Waals surface area contributed by atoms with Crippen LogP contribution in [0.3, 0.4) is 0 Å². The quantitative estimate of drug-likeness (QED) is 0.668. The summed E-state index contributed by atoms with van der Waals surface area (Å²) in [7, 11) is 0. The smallest absolute Gasteiger partial charge is 0.191 e. The van der Waals surface area contributed by atoms with Gasteiger partial charge in [0.05, 0.1) is 0 Å². The van der Waals surface area contributed by atoms with Gasteiger partial charge in [0.15, 0.2) is 5.96 Å². The van der Waals surface area contributed by atoms with Gasteiger partial charge >= 0.3 is 0 Å². The largest absolute Gasteiger partial charge is 0.356 e. The second-order valence-electron chi connectivity index (χ2n) is 3.36. The Balaban J connectivity index is 2.01. The van der Waals surface area contributed by atoms with Crippen LogP contribution in [0.2, 0.25) is 0 Å². The molecule has 0 aliphatic carbocycles. The minimum Gasteiger partial charge on any atom is -0.356 e. The van der Waals surface area contributed by atoms with E-state index in [-0.39, 0.29) is 0 Å². The normalized spacial score (nSPS) is 16.7. The molecule has 0 radical (unpaired) electrons. The van der Waals surface area contributed by atoms with Crippen molar-refractivity contribution in [1.29, 1.82) is 0 Å². The Kier molecular flexibility index (Phi) is 5.05. The lowest BCUT2D eigenvalue weighted by atomic mass is 10.4. The maximum absolute atomic E-state index is 4.33. The van der Waals surface area contributed by atoms with Crippen LogP contribution in [0.5, 0.6) is 0 Å². The van der Waals surface area contributed by atoms with E-state index in [2.05, 4.69) is 29.5 Å². The summed E-state index contributed by atoms with van der Waals surface area (Å²) in [4.78, 5) is 4.33. The predicted molar refractivity (Wildman–Crippen MR) is 60.5 cm³/mol. The van der Waals surface area contributed by atoms with Crippen LogP contribution in [0.1, 0.15) is 20.3 Å². The van der Waals surface area contributed by atoms with E-state index in [1.165, 1.54) is 0 Å². The Hall–Kier alpha value is -0.380. The zero-order valence-corrected chi connectivity index (χ0v) is 9.28. The molecule has 0 unspecified atom stereocenters. The van der Waals surface area contributed by atoms with Gasteiger partial charge in [-0.2, -0.15) is 11.8 Å².